The van der Waals surface area contributed by atoms with Gasteiger partial charge < -0.3 is 5.11 Å². The van der Waals surface area contributed by atoms with Gasteiger partial charge >= 0.3 is 5.69 Å². The van der Waals surface area contributed by atoms with Gasteiger partial charge in [-0.1, -0.05) is 11.6 Å². The van der Waals surface area contributed by atoms with Gasteiger partial charge in [0.15, 0.2) is 0 Å². The highest BCUT2D eigenvalue weighted by Gasteiger charge is 2.06. The molecule has 4 N–H and O–H groups in total. The third kappa shape index (κ3) is 5.01. The Kier molecular flexibility index (Phi) is 5.61. The Bertz CT molecular complexity index is 844. The quantitative estimate of drug-likeness (QED) is 0.356. The number of amides is 1. The Morgan fingerprint density at radius 2 is 2.00 bits per heavy atom. The third-order valence-corrected chi connectivity index (χ3v) is 3.79. The minimum Gasteiger partial charge on any atom is -0.494 e. The van der Waals surface area contributed by atoms with Crippen molar-refractivity contribution in [3.63, 3.8) is 0 Å². The van der Waals surface area contributed by atoms with Crippen molar-refractivity contribution in [3.05, 3.63) is 55.7 Å². The van der Waals surface area contributed by atoms with Crippen LogP contribution in [-0.4, -0.2) is 32.9 Å². The number of hydrazone groups is 1. The summed E-state index contributed by atoms with van der Waals surface area (Å²) in [5, 5.41) is 13.6. The summed E-state index contributed by atoms with van der Waals surface area (Å²) < 4.78 is 0. The monoisotopic (exact) mass is 354 g/mol. The third-order valence-electron chi connectivity index (χ3n) is 2.53. The highest BCUT2D eigenvalue weighted by atomic mass is 35.5. The number of aromatic hydroxyl groups is 1. The average Bonchev–Trinajstić information content (AvgIpc) is 2.49. The van der Waals surface area contributed by atoms with E-state index in [1.165, 1.54) is 11.8 Å². The van der Waals surface area contributed by atoms with E-state index >= 15 is 0 Å². The fourth-order valence-corrected chi connectivity index (χ4v) is 2.30. The molecule has 10 heteroatoms. The molecule has 0 aliphatic rings. The predicted octanol–water partition coefficient (Wildman–Crippen LogP) is 0.665. The van der Waals surface area contributed by atoms with E-state index in [1.54, 1.807) is 24.3 Å². The molecule has 120 valence electrons. The number of hydrogen-bond acceptors (Lipinski definition) is 6. The van der Waals surface area contributed by atoms with Gasteiger partial charge in [-0.05, 0) is 24.3 Å². The Labute approximate surface area is 138 Å². The molecular weight excluding hydrogens is 344 g/mol. The minimum atomic E-state index is -0.840. The van der Waals surface area contributed by atoms with Crippen LogP contribution in [0.3, 0.4) is 0 Å². The number of aromatic amines is 2. The van der Waals surface area contributed by atoms with Crippen molar-refractivity contribution < 1.29 is 9.90 Å². The second kappa shape index (κ2) is 7.65. The summed E-state index contributed by atoms with van der Waals surface area (Å²) in [7, 11) is 0. The van der Waals surface area contributed by atoms with Crippen LogP contribution in [0.15, 0.2) is 43.9 Å². The Hall–Kier alpha value is -2.52. The molecule has 0 atom stereocenters. The van der Waals surface area contributed by atoms with Crippen LogP contribution in [0.25, 0.3) is 0 Å². The van der Waals surface area contributed by atoms with Crippen LogP contribution in [0.4, 0.5) is 0 Å². The zero-order valence-electron chi connectivity index (χ0n) is 11.5. The number of nitrogens with zero attached hydrogens (tertiary/aromatic N) is 1. The smallest absolute Gasteiger partial charge is 0.328 e. The Balaban J connectivity index is 1.90. The van der Waals surface area contributed by atoms with E-state index in [2.05, 4.69) is 10.5 Å². The standard InChI is InChI=1S/C13H11ClN4O4S/c14-7-1-3-8(4-2-7)23-6-10(19)18-15-5-9-11(20)16-13(22)17-12(9)21/h1-5H,6H2,(H,18,19)(H3,16,17,20,21,22). The molecule has 0 aliphatic carbocycles. The molecule has 0 fully saturated rings. The van der Waals surface area contributed by atoms with Crippen LogP contribution in [0.2, 0.25) is 5.02 Å². The van der Waals surface area contributed by atoms with Crippen molar-refractivity contribution in [1.82, 2.24) is 15.4 Å². The van der Waals surface area contributed by atoms with Gasteiger partial charge in [0.05, 0.1) is 12.0 Å². The summed E-state index contributed by atoms with van der Waals surface area (Å²) >= 11 is 7.04. The first-order chi connectivity index (χ1) is 11.0. The van der Waals surface area contributed by atoms with Gasteiger partial charge in [-0.3, -0.25) is 19.6 Å². The first kappa shape index (κ1) is 16.8. The Morgan fingerprint density at radius 1 is 1.30 bits per heavy atom. The van der Waals surface area contributed by atoms with Crippen LogP contribution in [-0.2, 0) is 4.79 Å². The molecule has 23 heavy (non-hydrogen) atoms. The molecule has 8 nitrogen and oxygen atoms in total. The summed E-state index contributed by atoms with van der Waals surface area (Å²) in [5.74, 6) is -0.929. The van der Waals surface area contributed by atoms with Crippen LogP contribution in [0.5, 0.6) is 5.88 Å². The maximum Gasteiger partial charge on any atom is 0.328 e. The van der Waals surface area contributed by atoms with E-state index in [-0.39, 0.29) is 11.3 Å². The largest absolute Gasteiger partial charge is 0.494 e. The van der Waals surface area contributed by atoms with Gasteiger partial charge in [-0.25, -0.2) is 10.2 Å². The molecular formula is C13H11ClN4O4S. The summed E-state index contributed by atoms with van der Waals surface area (Å²) in [6.45, 7) is 0. The number of carbonyl (C=O) groups excluding carboxylic acids is 1. The minimum absolute atomic E-state index is 0.104. The van der Waals surface area contributed by atoms with Crippen molar-refractivity contribution in [2.24, 2.45) is 5.10 Å². The molecule has 1 heterocycles. The first-order valence-corrected chi connectivity index (χ1v) is 7.58. The molecule has 0 spiro atoms. The zero-order valence-corrected chi connectivity index (χ0v) is 13.1. The van der Waals surface area contributed by atoms with Crippen LogP contribution in [0.1, 0.15) is 5.56 Å². The van der Waals surface area contributed by atoms with Gasteiger partial charge in [-0.15, -0.1) is 11.8 Å². The van der Waals surface area contributed by atoms with Crippen molar-refractivity contribution in [3.8, 4) is 5.88 Å². The molecule has 1 amide bonds. The number of aromatic nitrogens is 2. The highest BCUT2D eigenvalue weighted by Crippen LogP contribution is 2.19. The summed E-state index contributed by atoms with van der Waals surface area (Å²) in [5.41, 5.74) is 0.282. The summed E-state index contributed by atoms with van der Waals surface area (Å²) in [6, 6.07) is 6.99. The van der Waals surface area contributed by atoms with Crippen LogP contribution < -0.4 is 16.7 Å². The van der Waals surface area contributed by atoms with Gasteiger partial charge in [-0.2, -0.15) is 5.10 Å². The normalized spacial score (nSPS) is 10.8. The number of rotatable bonds is 5. The van der Waals surface area contributed by atoms with Crippen molar-refractivity contribution in [2.75, 3.05) is 5.75 Å². The van der Waals surface area contributed by atoms with E-state index in [0.717, 1.165) is 11.1 Å². The van der Waals surface area contributed by atoms with E-state index < -0.39 is 23.0 Å². The van der Waals surface area contributed by atoms with Gasteiger partial charge in [0, 0.05) is 9.92 Å². The van der Waals surface area contributed by atoms with Gasteiger partial charge in [0.25, 0.3) is 5.56 Å². The van der Waals surface area contributed by atoms with E-state index in [9.17, 15) is 19.5 Å². The zero-order chi connectivity index (χ0) is 16.8. The maximum absolute atomic E-state index is 11.6. The topological polar surface area (TPSA) is 127 Å². The van der Waals surface area contributed by atoms with E-state index in [1.807, 2.05) is 9.97 Å². The predicted molar refractivity (Wildman–Crippen MR) is 87.3 cm³/mol. The lowest BCUT2D eigenvalue weighted by Gasteiger charge is -2.01. The fraction of sp³-hybridized carbons (Fsp3) is 0.0769. The maximum atomic E-state index is 11.6. The summed E-state index contributed by atoms with van der Waals surface area (Å²) in [4.78, 5) is 38.7. The van der Waals surface area contributed by atoms with Crippen molar-refractivity contribution >= 4 is 35.5 Å². The molecule has 0 bridgehead atoms. The lowest BCUT2D eigenvalue weighted by molar-refractivity contribution is -0.118. The number of benzene rings is 1. The second-order valence-electron chi connectivity index (χ2n) is 4.21. The lowest BCUT2D eigenvalue weighted by Crippen LogP contribution is -2.26. The molecule has 0 radical (unpaired) electrons. The second-order valence-corrected chi connectivity index (χ2v) is 5.69. The summed E-state index contributed by atoms with van der Waals surface area (Å²) in [6.07, 6.45) is 0.939. The highest BCUT2D eigenvalue weighted by molar-refractivity contribution is 8.00. The number of hydrogen-bond donors (Lipinski definition) is 4. The SMILES string of the molecule is O=C(CSc1ccc(Cl)cc1)NN=Cc1c(O)[nH]c(=O)[nH]c1=O. The van der Waals surface area contributed by atoms with Crippen molar-refractivity contribution in [1.29, 1.82) is 0 Å². The fourth-order valence-electron chi connectivity index (χ4n) is 1.48. The van der Waals surface area contributed by atoms with Crippen LogP contribution >= 0.6 is 23.4 Å². The number of thioether (sulfide) groups is 1. The number of nitrogens with one attached hydrogen (secondary N) is 3. The average molecular weight is 355 g/mol. The number of H-pyrrole nitrogens is 2. The molecule has 1 aromatic heterocycles. The lowest BCUT2D eigenvalue weighted by atomic mass is 10.3. The van der Waals surface area contributed by atoms with E-state index in [0.29, 0.717) is 5.02 Å². The molecule has 1 aromatic carbocycles. The molecule has 0 unspecified atom stereocenters. The van der Waals surface area contributed by atoms with E-state index in [4.69, 9.17) is 11.6 Å². The molecule has 2 aromatic rings. The first-order valence-electron chi connectivity index (χ1n) is 6.21. The Morgan fingerprint density at radius 3 is 2.65 bits per heavy atom. The van der Waals surface area contributed by atoms with Crippen molar-refractivity contribution in [2.45, 2.75) is 4.90 Å². The van der Waals surface area contributed by atoms with Crippen LogP contribution in [0, 0.1) is 0 Å². The molecule has 2 rings (SSSR count). The molecule has 0 saturated carbocycles. The molecule has 0 saturated heterocycles. The molecule has 0 aliphatic heterocycles. The number of carbonyl (C=O) groups is 1. The van der Waals surface area contributed by atoms with Gasteiger partial charge in [0.1, 0.15) is 5.56 Å². The van der Waals surface area contributed by atoms with Gasteiger partial charge in [0.2, 0.25) is 11.8 Å². The number of halogens is 1.